The van der Waals surface area contributed by atoms with Crippen LogP contribution < -0.4 is 9.46 Å². The smallest absolute Gasteiger partial charge is 0.457 e. The molecule has 3 aromatic carbocycles. The van der Waals surface area contributed by atoms with Gasteiger partial charge in [0.15, 0.2) is 0 Å². The van der Waals surface area contributed by atoms with Crippen LogP contribution in [0.25, 0.3) is 10.8 Å². The predicted molar refractivity (Wildman–Crippen MR) is 106 cm³/mol. The largest absolute Gasteiger partial charge is 0.559 e. The second kappa shape index (κ2) is 10.2. The summed E-state index contributed by atoms with van der Waals surface area (Å²) in [5, 5.41) is 2.03. The second-order valence-corrected chi connectivity index (χ2v) is 7.84. The maximum absolute atomic E-state index is 12.2. The zero-order valence-electron chi connectivity index (χ0n) is 15.5. The topological polar surface area (TPSA) is 55.4 Å². The Hall–Kier alpha value is -2.88. The summed E-state index contributed by atoms with van der Waals surface area (Å²) in [6.45, 7) is -0.662. The number of hydrogen-bond donors (Lipinski definition) is 1. The van der Waals surface area contributed by atoms with Gasteiger partial charge in [-0.1, -0.05) is 42.5 Å². The molecule has 3 aromatic rings. The van der Waals surface area contributed by atoms with Crippen molar-refractivity contribution in [1.29, 1.82) is 0 Å². The Bertz CT molecular complexity index is 1060. The number of halogens is 5. The van der Waals surface area contributed by atoms with Crippen molar-refractivity contribution in [2.45, 2.75) is 12.9 Å². The zero-order valence-corrected chi connectivity index (χ0v) is 16.3. The molecule has 162 valence electrons. The first kappa shape index (κ1) is 23.4. The molecule has 0 aromatic heterocycles. The van der Waals surface area contributed by atoms with Gasteiger partial charge in [-0.2, -0.15) is 0 Å². The van der Waals surface area contributed by atoms with Gasteiger partial charge < -0.3 is 4.74 Å². The summed E-state index contributed by atoms with van der Waals surface area (Å²) in [6, 6.07) is 20.3. The highest BCUT2D eigenvalue weighted by Crippen LogP contribution is 2.31. The Labute approximate surface area is 170 Å². The molecule has 10 heteroatoms. The van der Waals surface area contributed by atoms with Crippen molar-refractivity contribution < 1.29 is 35.1 Å². The Kier molecular flexibility index (Phi) is 7.99. The summed E-state index contributed by atoms with van der Waals surface area (Å²) in [7, 11) is -3.57. The number of anilines is 1. The van der Waals surface area contributed by atoms with E-state index in [1.54, 1.807) is 24.3 Å². The minimum atomic E-state index is -5.50. The molecule has 0 saturated heterocycles. The van der Waals surface area contributed by atoms with Crippen molar-refractivity contribution in [3.8, 4) is 11.5 Å². The molecule has 0 heterocycles. The Morgan fingerprint density at radius 1 is 0.900 bits per heavy atom. The molecule has 30 heavy (non-hydrogen) atoms. The van der Waals surface area contributed by atoms with E-state index in [-0.39, 0.29) is 12.2 Å². The van der Waals surface area contributed by atoms with Gasteiger partial charge in [0.1, 0.15) is 11.5 Å². The third-order valence-electron chi connectivity index (χ3n) is 3.63. The fourth-order valence-corrected chi connectivity index (χ4v) is 3.59. The highest BCUT2D eigenvalue weighted by Gasteiger charge is 2.24. The molecule has 0 aliphatic heterocycles. The lowest BCUT2D eigenvalue weighted by Crippen LogP contribution is -2.17. The van der Waals surface area contributed by atoms with Gasteiger partial charge in [-0.15, -0.1) is 17.6 Å². The monoisotopic (exact) mass is 447 g/mol. The van der Waals surface area contributed by atoms with Crippen LogP contribution in [0.15, 0.2) is 66.7 Å². The first-order valence-corrected chi connectivity index (χ1v) is 10.3. The molecule has 4 nitrogen and oxygen atoms in total. The van der Waals surface area contributed by atoms with Crippen molar-refractivity contribution in [2.75, 3.05) is 17.1 Å². The number of ether oxygens (including phenoxy) is 1. The van der Waals surface area contributed by atoms with Crippen LogP contribution in [0.5, 0.6) is 11.5 Å². The molecule has 0 radical (unpaired) electrons. The lowest BCUT2D eigenvalue weighted by atomic mass is 10.1. The van der Waals surface area contributed by atoms with Crippen LogP contribution in [-0.2, 0) is 10.0 Å². The highest BCUT2D eigenvalue weighted by atomic mass is 32.2. The molecular formula is C20H18F5NO3S. The minimum absolute atomic E-state index is 0.0263. The number of sulfonamides is 1. The molecule has 0 unspecified atom stereocenters. The number of benzene rings is 3. The number of hydrogen-bond acceptors (Lipinski definition) is 3. The van der Waals surface area contributed by atoms with E-state index in [0.29, 0.717) is 17.2 Å². The van der Waals surface area contributed by atoms with Gasteiger partial charge in [0, 0.05) is 11.5 Å². The van der Waals surface area contributed by atoms with Crippen molar-refractivity contribution in [3.05, 3.63) is 66.7 Å². The lowest BCUT2D eigenvalue weighted by Gasteiger charge is -2.11. The van der Waals surface area contributed by atoms with E-state index in [9.17, 15) is 30.4 Å². The van der Waals surface area contributed by atoms with E-state index in [2.05, 4.69) is 4.72 Å². The lowest BCUT2D eigenvalue weighted by molar-refractivity contribution is -0.237. The fraction of sp³-hybridized carbons (Fsp3) is 0.200. The van der Waals surface area contributed by atoms with Crippen LogP contribution in [-0.4, -0.2) is 27.3 Å². The molecule has 0 aliphatic rings. The van der Waals surface area contributed by atoms with Gasteiger partial charge in [-0.25, -0.2) is 8.42 Å². The van der Waals surface area contributed by atoms with Crippen molar-refractivity contribution in [1.82, 2.24) is 0 Å². The van der Waals surface area contributed by atoms with E-state index < -0.39 is 23.1 Å². The van der Waals surface area contributed by atoms with Crippen molar-refractivity contribution in [2.24, 2.45) is 0 Å². The average molecular weight is 447 g/mol. The van der Waals surface area contributed by atoms with E-state index in [0.717, 1.165) is 10.8 Å². The predicted octanol–water partition coefficient (Wildman–Crippen LogP) is 6.21. The minimum Gasteiger partial charge on any atom is -0.457 e. The van der Waals surface area contributed by atoms with Gasteiger partial charge in [-0.05, 0) is 30.0 Å². The summed E-state index contributed by atoms with van der Waals surface area (Å²) in [5.41, 5.74) is 0.386. The second-order valence-electron chi connectivity index (χ2n) is 6.00. The molecule has 0 saturated carbocycles. The fourth-order valence-electron chi connectivity index (χ4n) is 2.51. The summed E-state index contributed by atoms with van der Waals surface area (Å²) in [4.78, 5) is 0. The Morgan fingerprint density at radius 2 is 1.53 bits per heavy atom. The highest BCUT2D eigenvalue weighted by molar-refractivity contribution is 7.92. The van der Waals surface area contributed by atoms with Gasteiger partial charge in [0.2, 0.25) is 10.0 Å². The van der Waals surface area contributed by atoms with Crippen LogP contribution in [0, 0.1) is 0 Å². The first-order valence-electron chi connectivity index (χ1n) is 8.65. The van der Waals surface area contributed by atoms with E-state index >= 15 is 0 Å². The third-order valence-corrected chi connectivity index (χ3v) is 5.00. The zero-order chi connectivity index (χ0) is 22.2. The number of alkyl halides is 5. The van der Waals surface area contributed by atoms with Gasteiger partial charge in [0.25, 0.3) is 0 Å². The van der Waals surface area contributed by atoms with Crippen LogP contribution in [0.1, 0.15) is 6.42 Å². The van der Waals surface area contributed by atoms with Crippen LogP contribution in [0.4, 0.5) is 27.6 Å². The first-order chi connectivity index (χ1) is 14.1. The molecule has 1 N–H and O–H groups in total. The van der Waals surface area contributed by atoms with Gasteiger partial charge in [-0.3, -0.25) is 9.11 Å². The van der Waals surface area contributed by atoms with E-state index in [1.165, 1.54) is 0 Å². The standard InChI is InChI=1S/C19H18FNO3S.CF4/c20-12-5-13-25(22,23)21-16-8-4-9-17(14-16)24-19-11-3-7-15-6-1-2-10-18(15)19;2-1(3,4)5/h1-4,6-11,14,21H,5,12-13H2;. The molecular weight excluding hydrogens is 429 g/mol. The van der Waals surface area contributed by atoms with E-state index in [4.69, 9.17) is 4.74 Å². The van der Waals surface area contributed by atoms with Crippen LogP contribution in [0.3, 0.4) is 0 Å². The molecule has 0 spiro atoms. The van der Waals surface area contributed by atoms with E-state index in [1.807, 2.05) is 42.5 Å². The SMILES string of the molecule is FC(F)(F)F.O=S(=O)(CCCF)Nc1cccc(Oc2cccc3ccccc23)c1. The van der Waals surface area contributed by atoms with Crippen LogP contribution >= 0.6 is 0 Å². The number of rotatable bonds is 7. The van der Waals surface area contributed by atoms with Crippen molar-refractivity contribution >= 4 is 26.5 Å². The normalized spacial score (nSPS) is 11.5. The quantitative estimate of drug-likeness (QED) is 0.438. The Morgan fingerprint density at radius 3 is 2.23 bits per heavy atom. The molecule has 0 aliphatic carbocycles. The Balaban J connectivity index is 0.000000575. The maximum Gasteiger partial charge on any atom is 0.559 e. The number of fused-ring (bicyclic) bond motifs is 1. The molecule has 3 rings (SSSR count). The average Bonchev–Trinajstić information content (AvgIpc) is 2.65. The molecule has 0 fully saturated rings. The molecule has 0 atom stereocenters. The maximum atomic E-state index is 12.2. The summed E-state index contributed by atoms with van der Waals surface area (Å²) < 4.78 is 83.1. The molecule has 0 bridgehead atoms. The third kappa shape index (κ3) is 8.24. The summed E-state index contributed by atoms with van der Waals surface area (Å²) >= 11 is 0. The van der Waals surface area contributed by atoms with Crippen molar-refractivity contribution in [3.63, 3.8) is 0 Å². The van der Waals surface area contributed by atoms with Gasteiger partial charge in [0.05, 0.1) is 18.1 Å². The van der Waals surface area contributed by atoms with Crippen LogP contribution in [0.2, 0.25) is 0 Å². The number of nitrogens with one attached hydrogen (secondary N) is 1. The van der Waals surface area contributed by atoms with Gasteiger partial charge >= 0.3 is 6.43 Å². The molecule has 0 amide bonds. The summed E-state index contributed by atoms with van der Waals surface area (Å²) in [6.07, 6.45) is -5.53. The summed E-state index contributed by atoms with van der Waals surface area (Å²) in [5.74, 6) is 0.954.